The zero-order valence-electron chi connectivity index (χ0n) is 14.0. The van der Waals surface area contributed by atoms with E-state index < -0.39 is 0 Å². The highest BCUT2D eigenvalue weighted by Gasteiger charge is 2.12. The number of rotatable bonds is 5. The van der Waals surface area contributed by atoms with Crippen LogP contribution in [0.1, 0.15) is 36.7 Å². The van der Waals surface area contributed by atoms with E-state index in [1.54, 1.807) is 0 Å². The highest BCUT2D eigenvalue weighted by molar-refractivity contribution is 5.82. The summed E-state index contributed by atoms with van der Waals surface area (Å²) in [7, 11) is 0. The first-order chi connectivity index (χ1) is 11.1. The van der Waals surface area contributed by atoms with Crippen molar-refractivity contribution in [1.82, 2.24) is 4.57 Å². The smallest absolute Gasteiger partial charge is 0.128 e. The molecule has 0 spiro atoms. The van der Waals surface area contributed by atoms with E-state index in [1.807, 2.05) is 18.2 Å². The lowest BCUT2D eigenvalue weighted by molar-refractivity contribution is 0.291. The summed E-state index contributed by atoms with van der Waals surface area (Å²) in [6.07, 6.45) is 0. The predicted octanol–water partition coefficient (Wildman–Crippen LogP) is 4.57. The van der Waals surface area contributed by atoms with Gasteiger partial charge in [-0.2, -0.15) is 0 Å². The Morgan fingerprint density at radius 1 is 1.09 bits per heavy atom. The molecule has 3 heteroatoms. The summed E-state index contributed by atoms with van der Waals surface area (Å²) in [4.78, 5) is 0. The summed E-state index contributed by atoms with van der Waals surface area (Å²) in [5.41, 5.74) is 10.5. The van der Waals surface area contributed by atoms with Crippen molar-refractivity contribution in [3.05, 3.63) is 65.4 Å². The average Bonchev–Trinajstić information content (AvgIpc) is 2.91. The van der Waals surface area contributed by atoms with Crippen molar-refractivity contribution in [2.45, 2.75) is 40.0 Å². The predicted molar refractivity (Wildman–Crippen MR) is 95.7 cm³/mol. The van der Waals surface area contributed by atoms with Gasteiger partial charge < -0.3 is 15.0 Å². The van der Waals surface area contributed by atoms with Crippen LogP contribution in [0.3, 0.4) is 0 Å². The summed E-state index contributed by atoms with van der Waals surface area (Å²) < 4.78 is 8.40. The normalized spacial score (nSPS) is 11.3. The molecule has 120 valence electrons. The minimum Gasteiger partial charge on any atom is -0.487 e. The molecule has 3 nitrogen and oxygen atoms in total. The Kier molecular flexibility index (Phi) is 4.39. The Labute approximate surface area is 137 Å². The number of hydrogen-bond donors (Lipinski definition) is 1. The Morgan fingerprint density at radius 3 is 2.57 bits per heavy atom. The average molecular weight is 308 g/mol. The van der Waals surface area contributed by atoms with Crippen LogP contribution in [0.25, 0.3) is 10.9 Å². The molecule has 0 aliphatic heterocycles. The Bertz CT molecular complexity index is 818. The van der Waals surface area contributed by atoms with Gasteiger partial charge in [-0.1, -0.05) is 24.3 Å². The van der Waals surface area contributed by atoms with Gasteiger partial charge in [-0.3, -0.25) is 0 Å². The molecule has 0 atom stereocenters. The minimum atomic E-state index is 0.381. The largest absolute Gasteiger partial charge is 0.487 e. The van der Waals surface area contributed by atoms with Crippen molar-refractivity contribution in [3.63, 3.8) is 0 Å². The summed E-state index contributed by atoms with van der Waals surface area (Å²) in [6.45, 7) is 7.61. The number of fused-ring (bicyclic) bond motifs is 1. The molecule has 1 aromatic heterocycles. The van der Waals surface area contributed by atoms with Gasteiger partial charge in [-0.05, 0) is 56.2 Å². The van der Waals surface area contributed by atoms with E-state index in [0.717, 1.165) is 16.9 Å². The number of ether oxygens (including phenoxy) is 1. The fourth-order valence-electron chi connectivity index (χ4n) is 3.06. The van der Waals surface area contributed by atoms with Crippen LogP contribution in [0.4, 0.5) is 0 Å². The number of nitrogens with two attached hydrogens (primary N) is 1. The van der Waals surface area contributed by atoms with Crippen LogP contribution < -0.4 is 10.5 Å². The number of aryl methyl sites for hydroxylation is 1. The van der Waals surface area contributed by atoms with E-state index in [9.17, 15) is 0 Å². The molecule has 3 rings (SSSR count). The maximum Gasteiger partial charge on any atom is 0.128 e. The van der Waals surface area contributed by atoms with Gasteiger partial charge in [0, 0.05) is 23.5 Å². The van der Waals surface area contributed by atoms with Gasteiger partial charge >= 0.3 is 0 Å². The Morgan fingerprint density at radius 2 is 1.87 bits per heavy atom. The first kappa shape index (κ1) is 15.6. The van der Waals surface area contributed by atoms with Gasteiger partial charge in [0.1, 0.15) is 12.4 Å². The van der Waals surface area contributed by atoms with E-state index in [1.165, 1.54) is 16.6 Å². The van der Waals surface area contributed by atoms with Crippen molar-refractivity contribution < 1.29 is 4.74 Å². The van der Waals surface area contributed by atoms with Gasteiger partial charge in [-0.25, -0.2) is 0 Å². The zero-order valence-corrected chi connectivity index (χ0v) is 14.0. The molecule has 0 amide bonds. The third kappa shape index (κ3) is 3.10. The van der Waals surface area contributed by atoms with Crippen molar-refractivity contribution in [2.24, 2.45) is 5.73 Å². The van der Waals surface area contributed by atoms with Crippen LogP contribution in [0.5, 0.6) is 5.75 Å². The lowest BCUT2D eigenvalue weighted by atomic mass is 10.1. The molecule has 2 aromatic carbocycles. The summed E-state index contributed by atoms with van der Waals surface area (Å²) in [6, 6.07) is 17.2. The van der Waals surface area contributed by atoms with Gasteiger partial charge in [0.25, 0.3) is 0 Å². The number of hydrogen-bond acceptors (Lipinski definition) is 2. The first-order valence-corrected chi connectivity index (χ1v) is 8.11. The van der Waals surface area contributed by atoms with Gasteiger partial charge in [0.2, 0.25) is 0 Å². The van der Waals surface area contributed by atoms with Crippen molar-refractivity contribution in [3.8, 4) is 5.75 Å². The standard InChI is InChI=1S/C20H24N2O/c1-14(2)22-18(13-23-20-7-5-4-6-15(20)3)11-17-10-16(12-21)8-9-19(17)22/h4-11,14H,12-13,21H2,1-3H3. The van der Waals surface area contributed by atoms with Gasteiger partial charge in [0.15, 0.2) is 0 Å². The summed E-state index contributed by atoms with van der Waals surface area (Å²) in [5.74, 6) is 0.940. The van der Waals surface area contributed by atoms with Crippen LogP contribution in [0.15, 0.2) is 48.5 Å². The Hall–Kier alpha value is -2.26. The Balaban J connectivity index is 1.96. The molecule has 23 heavy (non-hydrogen) atoms. The number of benzene rings is 2. The second-order valence-electron chi connectivity index (χ2n) is 6.25. The fourth-order valence-corrected chi connectivity index (χ4v) is 3.06. The van der Waals surface area contributed by atoms with Gasteiger partial charge in [0.05, 0.1) is 5.69 Å². The summed E-state index contributed by atoms with van der Waals surface area (Å²) >= 11 is 0. The fraction of sp³-hybridized carbons (Fsp3) is 0.300. The minimum absolute atomic E-state index is 0.381. The van der Waals surface area contributed by atoms with E-state index in [4.69, 9.17) is 10.5 Å². The van der Waals surface area contributed by atoms with E-state index in [0.29, 0.717) is 19.2 Å². The SMILES string of the molecule is Cc1ccccc1OCc1cc2cc(CN)ccc2n1C(C)C. The van der Waals surface area contributed by atoms with E-state index >= 15 is 0 Å². The second-order valence-corrected chi connectivity index (χ2v) is 6.25. The third-order valence-electron chi connectivity index (χ3n) is 4.20. The van der Waals surface area contributed by atoms with Crippen LogP contribution in [-0.2, 0) is 13.2 Å². The molecule has 0 saturated carbocycles. The monoisotopic (exact) mass is 308 g/mol. The van der Waals surface area contributed by atoms with Crippen LogP contribution in [0, 0.1) is 6.92 Å². The molecular weight excluding hydrogens is 284 g/mol. The quantitative estimate of drug-likeness (QED) is 0.750. The van der Waals surface area contributed by atoms with Gasteiger partial charge in [-0.15, -0.1) is 0 Å². The maximum atomic E-state index is 6.05. The lowest BCUT2D eigenvalue weighted by Crippen LogP contribution is -2.08. The van der Waals surface area contributed by atoms with Crippen LogP contribution in [-0.4, -0.2) is 4.57 Å². The van der Waals surface area contributed by atoms with Crippen LogP contribution >= 0.6 is 0 Å². The molecule has 3 aromatic rings. The molecule has 1 heterocycles. The molecule has 0 aliphatic carbocycles. The summed E-state index contributed by atoms with van der Waals surface area (Å²) in [5, 5.41) is 1.23. The number of para-hydroxylation sites is 1. The van der Waals surface area contributed by atoms with Crippen molar-refractivity contribution in [1.29, 1.82) is 0 Å². The molecule has 0 fully saturated rings. The highest BCUT2D eigenvalue weighted by Crippen LogP contribution is 2.27. The lowest BCUT2D eigenvalue weighted by Gasteiger charge is -2.16. The molecule has 0 aliphatic rings. The molecule has 0 radical (unpaired) electrons. The maximum absolute atomic E-state index is 6.05. The van der Waals surface area contributed by atoms with Crippen molar-refractivity contribution >= 4 is 10.9 Å². The zero-order chi connectivity index (χ0) is 16.4. The molecule has 0 bridgehead atoms. The van der Waals surface area contributed by atoms with Crippen LogP contribution in [0.2, 0.25) is 0 Å². The van der Waals surface area contributed by atoms with E-state index in [-0.39, 0.29) is 0 Å². The molecule has 2 N–H and O–H groups in total. The molecular formula is C20H24N2O. The molecule has 0 saturated heterocycles. The molecule has 0 unspecified atom stereocenters. The topological polar surface area (TPSA) is 40.2 Å². The second kappa shape index (κ2) is 6.47. The van der Waals surface area contributed by atoms with E-state index in [2.05, 4.69) is 55.7 Å². The highest BCUT2D eigenvalue weighted by atomic mass is 16.5. The number of aromatic nitrogens is 1. The first-order valence-electron chi connectivity index (χ1n) is 8.11. The number of nitrogens with zero attached hydrogens (tertiary/aromatic N) is 1. The third-order valence-corrected chi connectivity index (χ3v) is 4.20. The van der Waals surface area contributed by atoms with Crippen molar-refractivity contribution in [2.75, 3.05) is 0 Å².